The summed E-state index contributed by atoms with van der Waals surface area (Å²) in [5, 5.41) is 3.03. The molecule has 1 unspecified atom stereocenters. The Morgan fingerprint density at radius 3 is 3.04 bits per heavy atom. The third-order valence-electron chi connectivity index (χ3n) is 4.57. The van der Waals surface area contributed by atoms with E-state index in [1.54, 1.807) is 25.3 Å². The molecule has 0 bridgehead atoms. The molecule has 1 aliphatic heterocycles. The minimum atomic E-state index is -0.0729. The number of rotatable bonds is 6. The smallest absolute Gasteiger partial charge is 0.317 e. The zero-order valence-electron chi connectivity index (χ0n) is 14.8. The maximum Gasteiger partial charge on any atom is 0.317 e. The Hall–Kier alpha value is -2.63. The van der Waals surface area contributed by atoms with Crippen LogP contribution in [-0.2, 0) is 6.54 Å². The lowest BCUT2D eigenvalue weighted by atomic mass is 10.1. The second kappa shape index (κ2) is 7.96. The topological polar surface area (TPSA) is 58.0 Å². The quantitative estimate of drug-likeness (QED) is 0.876. The van der Waals surface area contributed by atoms with Gasteiger partial charge in [0.05, 0.1) is 19.9 Å². The number of hydrogen-bond acceptors (Lipinski definition) is 4. The molecule has 1 aromatic carbocycles. The molecule has 0 spiro atoms. The van der Waals surface area contributed by atoms with Crippen LogP contribution < -0.4 is 15.0 Å². The first-order valence-corrected chi connectivity index (χ1v) is 8.56. The molecule has 1 atom stereocenters. The number of benzene rings is 1. The Kier molecular flexibility index (Phi) is 5.48. The molecule has 1 aromatic heterocycles. The molecule has 1 saturated heterocycles. The summed E-state index contributed by atoms with van der Waals surface area (Å²) in [6, 6.07) is 11.7. The van der Waals surface area contributed by atoms with Gasteiger partial charge in [-0.1, -0.05) is 6.07 Å². The summed E-state index contributed by atoms with van der Waals surface area (Å²) < 4.78 is 10.6. The summed E-state index contributed by atoms with van der Waals surface area (Å²) in [4.78, 5) is 16.2. The van der Waals surface area contributed by atoms with E-state index in [2.05, 4.69) is 22.3 Å². The molecule has 1 aliphatic rings. The molecule has 0 aliphatic carbocycles. The van der Waals surface area contributed by atoms with Crippen LogP contribution in [-0.4, -0.2) is 44.7 Å². The summed E-state index contributed by atoms with van der Waals surface area (Å²) >= 11 is 0. The first-order valence-electron chi connectivity index (χ1n) is 8.56. The van der Waals surface area contributed by atoms with Gasteiger partial charge >= 0.3 is 6.03 Å². The van der Waals surface area contributed by atoms with Gasteiger partial charge in [-0.2, -0.15) is 0 Å². The van der Waals surface area contributed by atoms with Gasteiger partial charge in [-0.25, -0.2) is 4.79 Å². The van der Waals surface area contributed by atoms with Crippen LogP contribution in [0.15, 0.2) is 47.1 Å². The number of furan rings is 1. The molecule has 3 rings (SSSR count). The molecular weight excluding hydrogens is 318 g/mol. The number of urea groups is 1. The number of carbonyl (C=O) groups excluding carboxylic acids is 1. The van der Waals surface area contributed by atoms with Gasteiger partial charge < -0.3 is 24.3 Å². The van der Waals surface area contributed by atoms with Crippen LogP contribution in [0.2, 0.25) is 0 Å². The van der Waals surface area contributed by atoms with Gasteiger partial charge in [0.2, 0.25) is 0 Å². The standard InChI is InChI=1S/C19H25N3O3/c1-21(14-18-7-4-10-25-18)19(23)20-12-15-8-9-22(13-15)16-5-3-6-17(11-16)24-2/h3-7,10-11,15H,8-9,12-14H2,1-2H3,(H,20,23). The van der Waals surface area contributed by atoms with Gasteiger partial charge in [-0.05, 0) is 36.6 Å². The van der Waals surface area contributed by atoms with Gasteiger partial charge in [0.15, 0.2) is 0 Å². The van der Waals surface area contributed by atoms with Crippen molar-refractivity contribution in [3.63, 3.8) is 0 Å². The van der Waals surface area contributed by atoms with Crippen LogP contribution in [0.5, 0.6) is 5.75 Å². The Bertz CT molecular complexity index is 687. The van der Waals surface area contributed by atoms with E-state index < -0.39 is 0 Å². The summed E-state index contributed by atoms with van der Waals surface area (Å²) in [5.74, 6) is 2.10. The molecule has 6 nitrogen and oxygen atoms in total. The van der Waals surface area contributed by atoms with Crippen LogP contribution in [0.4, 0.5) is 10.5 Å². The molecule has 0 radical (unpaired) electrons. The summed E-state index contributed by atoms with van der Waals surface area (Å²) in [6.45, 7) is 3.09. The highest BCUT2D eigenvalue weighted by atomic mass is 16.5. The van der Waals surface area contributed by atoms with Crippen LogP contribution >= 0.6 is 0 Å². The highest BCUT2D eigenvalue weighted by Gasteiger charge is 2.24. The van der Waals surface area contributed by atoms with Crippen LogP contribution in [0.3, 0.4) is 0 Å². The van der Waals surface area contributed by atoms with E-state index in [9.17, 15) is 4.79 Å². The zero-order valence-corrected chi connectivity index (χ0v) is 14.8. The number of methoxy groups -OCH3 is 1. The fourth-order valence-electron chi connectivity index (χ4n) is 3.12. The van der Waals surface area contributed by atoms with E-state index in [1.807, 2.05) is 24.3 Å². The second-order valence-corrected chi connectivity index (χ2v) is 6.42. The summed E-state index contributed by atoms with van der Waals surface area (Å²) in [6.07, 6.45) is 2.69. The molecule has 1 fully saturated rings. The third kappa shape index (κ3) is 4.47. The maximum atomic E-state index is 12.2. The zero-order chi connectivity index (χ0) is 17.6. The predicted molar refractivity (Wildman–Crippen MR) is 96.9 cm³/mol. The first kappa shape index (κ1) is 17.2. The van der Waals surface area contributed by atoms with Gasteiger partial charge in [-0.3, -0.25) is 0 Å². The van der Waals surface area contributed by atoms with Gasteiger partial charge in [-0.15, -0.1) is 0 Å². The molecule has 6 heteroatoms. The van der Waals surface area contributed by atoms with Crippen molar-refractivity contribution in [2.75, 3.05) is 38.7 Å². The number of carbonyl (C=O) groups is 1. The van der Waals surface area contributed by atoms with Crippen LogP contribution in [0, 0.1) is 5.92 Å². The minimum Gasteiger partial charge on any atom is -0.497 e. The van der Waals surface area contributed by atoms with Crippen molar-refractivity contribution in [2.24, 2.45) is 5.92 Å². The van der Waals surface area contributed by atoms with Crippen molar-refractivity contribution in [3.05, 3.63) is 48.4 Å². The molecule has 1 N–H and O–H groups in total. The molecular formula is C19H25N3O3. The highest BCUT2D eigenvalue weighted by molar-refractivity contribution is 5.73. The lowest BCUT2D eigenvalue weighted by Gasteiger charge is -2.20. The maximum absolute atomic E-state index is 12.2. The number of amides is 2. The van der Waals surface area contributed by atoms with Gasteiger partial charge in [0.1, 0.15) is 11.5 Å². The number of nitrogens with one attached hydrogen (secondary N) is 1. The average molecular weight is 343 g/mol. The monoisotopic (exact) mass is 343 g/mol. The molecule has 2 heterocycles. The van der Waals surface area contributed by atoms with Gasteiger partial charge in [0.25, 0.3) is 0 Å². The molecule has 25 heavy (non-hydrogen) atoms. The normalized spacial score (nSPS) is 16.7. The average Bonchev–Trinajstić information content (AvgIpc) is 3.31. The van der Waals surface area contributed by atoms with Crippen molar-refractivity contribution in [1.82, 2.24) is 10.2 Å². The van der Waals surface area contributed by atoms with E-state index in [0.29, 0.717) is 19.0 Å². The van der Waals surface area contributed by atoms with Crippen molar-refractivity contribution < 1.29 is 13.9 Å². The van der Waals surface area contributed by atoms with E-state index in [-0.39, 0.29) is 6.03 Å². The minimum absolute atomic E-state index is 0.0729. The highest BCUT2D eigenvalue weighted by Crippen LogP contribution is 2.26. The molecule has 134 valence electrons. The molecule has 2 aromatic rings. The number of hydrogen-bond donors (Lipinski definition) is 1. The largest absolute Gasteiger partial charge is 0.497 e. The fraction of sp³-hybridized carbons (Fsp3) is 0.421. The van der Waals surface area contributed by atoms with Crippen molar-refractivity contribution >= 4 is 11.7 Å². The van der Waals surface area contributed by atoms with E-state index in [4.69, 9.17) is 9.15 Å². The van der Waals surface area contributed by atoms with Crippen molar-refractivity contribution in [3.8, 4) is 5.75 Å². The molecule has 0 saturated carbocycles. The Morgan fingerprint density at radius 1 is 1.40 bits per heavy atom. The number of nitrogens with zero attached hydrogens (tertiary/aromatic N) is 2. The number of ether oxygens (including phenoxy) is 1. The Labute approximate surface area is 148 Å². The van der Waals surface area contributed by atoms with E-state index in [0.717, 1.165) is 31.0 Å². The van der Waals surface area contributed by atoms with Crippen molar-refractivity contribution in [1.29, 1.82) is 0 Å². The number of anilines is 1. The molecule has 2 amide bonds. The fourth-order valence-corrected chi connectivity index (χ4v) is 3.12. The predicted octanol–water partition coefficient (Wildman–Crippen LogP) is 2.96. The Morgan fingerprint density at radius 2 is 2.28 bits per heavy atom. The Balaban J connectivity index is 1.45. The first-order chi connectivity index (χ1) is 12.2. The SMILES string of the molecule is COc1cccc(N2CCC(CNC(=O)N(C)Cc3ccco3)C2)c1. The lowest BCUT2D eigenvalue weighted by Crippen LogP contribution is -2.39. The second-order valence-electron chi connectivity index (χ2n) is 6.42. The summed E-state index contributed by atoms with van der Waals surface area (Å²) in [7, 11) is 3.45. The third-order valence-corrected chi connectivity index (χ3v) is 4.57. The van der Waals surface area contributed by atoms with Gasteiger partial charge in [0, 0.05) is 38.4 Å². The van der Waals surface area contributed by atoms with E-state index in [1.165, 1.54) is 5.69 Å². The van der Waals surface area contributed by atoms with Crippen LogP contribution in [0.25, 0.3) is 0 Å². The van der Waals surface area contributed by atoms with Crippen molar-refractivity contribution in [2.45, 2.75) is 13.0 Å². The summed E-state index contributed by atoms with van der Waals surface area (Å²) in [5.41, 5.74) is 1.17. The van der Waals surface area contributed by atoms with Crippen LogP contribution in [0.1, 0.15) is 12.2 Å². The lowest BCUT2D eigenvalue weighted by molar-refractivity contribution is 0.201. The van der Waals surface area contributed by atoms with E-state index >= 15 is 0 Å².